The molecule has 0 heterocycles. The van der Waals surface area contributed by atoms with Crippen LogP contribution in [0, 0.1) is 0 Å². The van der Waals surface area contributed by atoms with E-state index in [0.717, 1.165) is 23.6 Å². The van der Waals surface area contributed by atoms with Crippen molar-refractivity contribution in [3.05, 3.63) is 60.2 Å². The van der Waals surface area contributed by atoms with E-state index in [1.54, 1.807) is 0 Å². The van der Waals surface area contributed by atoms with Crippen molar-refractivity contribution in [1.82, 2.24) is 4.90 Å². The van der Waals surface area contributed by atoms with Crippen molar-refractivity contribution >= 4 is 27.5 Å². The third kappa shape index (κ3) is 11.3. The van der Waals surface area contributed by atoms with E-state index >= 15 is 0 Å². The van der Waals surface area contributed by atoms with Gasteiger partial charge in [0.15, 0.2) is 0 Å². The van der Waals surface area contributed by atoms with Gasteiger partial charge in [-0.2, -0.15) is 0 Å². The van der Waals surface area contributed by atoms with Gasteiger partial charge in [0.05, 0.1) is 12.2 Å². The highest BCUT2D eigenvalue weighted by Gasteiger charge is 2.08. The molecular weight excluding hydrogens is 454 g/mol. The van der Waals surface area contributed by atoms with Gasteiger partial charge in [-0.15, -0.1) is 0 Å². The number of benzene rings is 3. The molecule has 3 rings (SSSR count). The molecule has 0 saturated heterocycles. The highest BCUT2D eigenvalue weighted by atomic mass is 16.5. The third-order valence-corrected chi connectivity index (χ3v) is 7.42. The molecule has 37 heavy (non-hydrogen) atoms. The first-order valence-electron chi connectivity index (χ1n) is 14.9. The lowest BCUT2D eigenvalue weighted by Gasteiger charge is -2.08. The van der Waals surface area contributed by atoms with E-state index in [1.165, 1.54) is 101 Å². The molecule has 202 valence electrons. The van der Waals surface area contributed by atoms with E-state index < -0.39 is 0 Å². The molecule has 0 atom stereocenters. The lowest BCUT2D eigenvalue weighted by molar-refractivity contribution is 0.0498. The molecule has 0 saturated carbocycles. The predicted octanol–water partition coefficient (Wildman–Crippen LogP) is 9.56. The van der Waals surface area contributed by atoms with Crippen LogP contribution in [0.1, 0.15) is 107 Å². The SMILES string of the molecule is CN(C)CCCCCCCCCCCCCCCCCOC(=O)c1ccc2cc3ccccc3cc2c1. The standard InChI is InChI=1S/C34H49NO2/c1-35(2)24-18-14-12-10-8-6-4-3-5-7-9-11-13-15-19-25-37-34(36)32-23-22-31-26-29-20-16-17-21-30(29)27-33(31)28-32/h16-17,20-23,26-28H,3-15,18-19,24-25H2,1-2H3. The molecule has 0 amide bonds. The van der Waals surface area contributed by atoms with Crippen LogP contribution in [0.4, 0.5) is 0 Å². The fraction of sp³-hybridized carbons (Fsp3) is 0.559. The molecule has 0 fully saturated rings. The van der Waals surface area contributed by atoms with Gasteiger partial charge in [0, 0.05) is 0 Å². The molecule has 0 N–H and O–H groups in total. The van der Waals surface area contributed by atoms with Crippen LogP contribution in [-0.4, -0.2) is 38.1 Å². The number of esters is 1. The van der Waals surface area contributed by atoms with Gasteiger partial charge in [0.2, 0.25) is 0 Å². The first kappa shape index (κ1) is 29.2. The van der Waals surface area contributed by atoms with E-state index in [-0.39, 0.29) is 5.97 Å². The van der Waals surface area contributed by atoms with E-state index in [1.807, 2.05) is 24.3 Å². The van der Waals surface area contributed by atoms with Crippen LogP contribution >= 0.6 is 0 Å². The van der Waals surface area contributed by atoms with E-state index in [2.05, 4.69) is 49.3 Å². The van der Waals surface area contributed by atoms with Gasteiger partial charge in [-0.05, 0) is 79.3 Å². The smallest absolute Gasteiger partial charge is 0.338 e. The summed E-state index contributed by atoms with van der Waals surface area (Å²) in [5.74, 6) is -0.209. The summed E-state index contributed by atoms with van der Waals surface area (Å²) in [6.45, 7) is 1.75. The van der Waals surface area contributed by atoms with Crippen molar-refractivity contribution in [2.75, 3.05) is 27.2 Å². The number of nitrogens with zero attached hydrogens (tertiary/aromatic N) is 1. The minimum Gasteiger partial charge on any atom is -0.462 e. The molecule has 0 aliphatic carbocycles. The predicted molar refractivity (Wildman–Crippen MR) is 160 cm³/mol. The van der Waals surface area contributed by atoms with Crippen LogP contribution in [0.5, 0.6) is 0 Å². The van der Waals surface area contributed by atoms with Gasteiger partial charge in [0.1, 0.15) is 0 Å². The number of hydrogen-bond acceptors (Lipinski definition) is 3. The van der Waals surface area contributed by atoms with Crippen LogP contribution in [-0.2, 0) is 4.74 Å². The van der Waals surface area contributed by atoms with Crippen molar-refractivity contribution in [2.45, 2.75) is 96.3 Å². The Labute approximate surface area is 225 Å². The van der Waals surface area contributed by atoms with E-state index in [0.29, 0.717) is 12.2 Å². The maximum Gasteiger partial charge on any atom is 0.338 e. The number of rotatable bonds is 19. The summed E-state index contributed by atoms with van der Waals surface area (Å²) in [5, 5.41) is 4.65. The molecule has 0 spiro atoms. The van der Waals surface area contributed by atoms with Gasteiger partial charge in [-0.25, -0.2) is 4.79 Å². The van der Waals surface area contributed by atoms with Crippen molar-refractivity contribution < 1.29 is 9.53 Å². The Morgan fingerprint density at radius 3 is 1.57 bits per heavy atom. The first-order chi connectivity index (χ1) is 18.1. The number of ether oxygens (including phenoxy) is 1. The maximum atomic E-state index is 12.5. The largest absolute Gasteiger partial charge is 0.462 e. The lowest BCUT2D eigenvalue weighted by Crippen LogP contribution is -2.12. The Morgan fingerprint density at radius 2 is 1.03 bits per heavy atom. The summed E-state index contributed by atoms with van der Waals surface area (Å²) in [6.07, 6.45) is 20.0. The normalized spacial score (nSPS) is 11.5. The van der Waals surface area contributed by atoms with Crippen molar-refractivity contribution in [3.8, 4) is 0 Å². The van der Waals surface area contributed by atoms with Crippen molar-refractivity contribution in [3.63, 3.8) is 0 Å². The Balaban J connectivity index is 1.15. The minimum atomic E-state index is -0.209. The van der Waals surface area contributed by atoms with Gasteiger partial charge in [-0.3, -0.25) is 0 Å². The Bertz CT molecular complexity index is 1060. The highest BCUT2D eigenvalue weighted by Crippen LogP contribution is 2.24. The second-order valence-electron chi connectivity index (χ2n) is 11.0. The summed E-state index contributed by atoms with van der Waals surface area (Å²) in [5.41, 5.74) is 0.641. The fourth-order valence-electron chi connectivity index (χ4n) is 5.14. The Morgan fingerprint density at radius 1 is 0.568 bits per heavy atom. The van der Waals surface area contributed by atoms with Gasteiger partial charge >= 0.3 is 5.97 Å². The first-order valence-corrected chi connectivity index (χ1v) is 14.9. The minimum absolute atomic E-state index is 0.209. The number of fused-ring (bicyclic) bond motifs is 2. The number of carbonyl (C=O) groups excluding carboxylic acids is 1. The second kappa shape index (κ2) is 17.2. The molecule has 0 aromatic heterocycles. The molecular formula is C34H49NO2. The average Bonchev–Trinajstić information content (AvgIpc) is 2.90. The fourth-order valence-corrected chi connectivity index (χ4v) is 5.14. The quantitative estimate of drug-likeness (QED) is 0.0926. The number of carbonyl (C=O) groups is 1. The van der Waals surface area contributed by atoms with E-state index in [4.69, 9.17) is 4.74 Å². The van der Waals surface area contributed by atoms with Crippen LogP contribution in [0.25, 0.3) is 21.5 Å². The lowest BCUT2D eigenvalue weighted by atomic mass is 10.0. The topological polar surface area (TPSA) is 29.5 Å². The summed E-state index contributed by atoms with van der Waals surface area (Å²) in [4.78, 5) is 14.8. The summed E-state index contributed by atoms with van der Waals surface area (Å²) in [6, 6.07) is 18.5. The average molecular weight is 504 g/mol. The molecule has 0 unspecified atom stereocenters. The molecule has 0 aliphatic heterocycles. The monoisotopic (exact) mass is 503 g/mol. The summed E-state index contributed by atoms with van der Waals surface area (Å²) >= 11 is 0. The number of unbranched alkanes of at least 4 members (excludes halogenated alkanes) is 14. The highest BCUT2D eigenvalue weighted by molar-refractivity contribution is 6.01. The van der Waals surface area contributed by atoms with Crippen molar-refractivity contribution in [1.29, 1.82) is 0 Å². The molecule has 0 radical (unpaired) electrons. The zero-order valence-corrected chi connectivity index (χ0v) is 23.5. The van der Waals surface area contributed by atoms with E-state index in [9.17, 15) is 4.79 Å². The van der Waals surface area contributed by atoms with Gasteiger partial charge < -0.3 is 9.64 Å². The zero-order valence-electron chi connectivity index (χ0n) is 23.5. The van der Waals surface area contributed by atoms with Crippen LogP contribution in [0.3, 0.4) is 0 Å². The van der Waals surface area contributed by atoms with Crippen LogP contribution in [0.2, 0.25) is 0 Å². The summed E-state index contributed by atoms with van der Waals surface area (Å²) in [7, 11) is 4.32. The maximum absolute atomic E-state index is 12.5. The van der Waals surface area contributed by atoms with Crippen LogP contribution < -0.4 is 0 Å². The molecule has 3 nitrogen and oxygen atoms in total. The Hall–Kier alpha value is -2.39. The zero-order chi connectivity index (χ0) is 26.1. The molecule has 3 aromatic rings. The molecule has 3 aromatic carbocycles. The van der Waals surface area contributed by atoms with Crippen molar-refractivity contribution in [2.24, 2.45) is 0 Å². The Kier molecular flexibility index (Phi) is 13.5. The third-order valence-electron chi connectivity index (χ3n) is 7.42. The van der Waals surface area contributed by atoms with Crippen LogP contribution in [0.15, 0.2) is 54.6 Å². The van der Waals surface area contributed by atoms with Gasteiger partial charge in [0.25, 0.3) is 0 Å². The summed E-state index contributed by atoms with van der Waals surface area (Å²) < 4.78 is 5.55. The molecule has 3 heteroatoms. The number of hydrogen-bond donors (Lipinski definition) is 0. The second-order valence-corrected chi connectivity index (χ2v) is 11.0. The molecule has 0 bridgehead atoms. The van der Waals surface area contributed by atoms with Gasteiger partial charge in [-0.1, -0.05) is 114 Å². The molecule has 0 aliphatic rings.